The predicted molar refractivity (Wildman–Crippen MR) is 73.2 cm³/mol. The molecule has 2 N–H and O–H groups in total. The highest BCUT2D eigenvalue weighted by Gasteiger charge is 2.21. The highest BCUT2D eigenvalue weighted by molar-refractivity contribution is 5.30. The third-order valence-corrected chi connectivity index (χ3v) is 3.39. The van der Waals surface area contributed by atoms with Gasteiger partial charge in [-0.3, -0.25) is 0 Å². The maximum absolute atomic E-state index is 6.22. The van der Waals surface area contributed by atoms with Gasteiger partial charge in [-0.1, -0.05) is 32.0 Å². The Morgan fingerprint density at radius 2 is 1.82 bits per heavy atom. The fourth-order valence-corrected chi connectivity index (χ4v) is 2.26. The lowest BCUT2D eigenvalue weighted by atomic mass is 9.93. The number of rotatable bonds is 5. The summed E-state index contributed by atoms with van der Waals surface area (Å²) in [5, 5.41) is 0. The normalized spacial score (nSPS) is 15.0. The van der Waals surface area contributed by atoms with E-state index in [4.69, 9.17) is 10.5 Å². The Hall–Kier alpha value is -0.860. The molecule has 1 rings (SSSR count). The molecule has 0 radical (unpaired) electrons. The van der Waals surface area contributed by atoms with Crippen molar-refractivity contribution in [2.75, 3.05) is 7.11 Å². The first kappa shape index (κ1) is 14.2. The molecule has 0 spiro atoms. The van der Waals surface area contributed by atoms with Crippen LogP contribution in [-0.4, -0.2) is 19.3 Å². The summed E-state index contributed by atoms with van der Waals surface area (Å²) in [7, 11) is 1.74. The molecule has 1 aromatic rings. The summed E-state index contributed by atoms with van der Waals surface area (Å²) in [5.74, 6) is 0.446. The molecule has 2 unspecified atom stereocenters. The van der Waals surface area contributed by atoms with Crippen LogP contribution in [0.1, 0.15) is 30.5 Å². The molecule has 2 nitrogen and oxygen atoms in total. The van der Waals surface area contributed by atoms with E-state index in [2.05, 4.69) is 45.9 Å². The Morgan fingerprint density at radius 1 is 1.18 bits per heavy atom. The van der Waals surface area contributed by atoms with Crippen LogP contribution in [-0.2, 0) is 11.2 Å². The molecular weight excluding hydrogens is 210 g/mol. The van der Waals surface area contributed by atoms with E-state index in [9.17, 15) is 0 Å². The van der Waals surface area contributed by atoms with Gasteiger partial charge >= 0.3 is 0 Å². The van der Waals surface area contributed by atoms with Crippen LogP contribution in [0.2, 0.25) is 0 Å². The molecule has 0 amide bonds. The number of aryl methyl sites for hydroxylation is 2. The molecule has 2 heteroatoms. The molecule has 0 bridgehead atoms. The number of methoxy groups -OCH3 is 1. The minimum Gasteiger partial charge on any atom is -0.380 e. The summed E-state index contributed by atoms with van der Waals surface area (Å²) in [5.41, 5.74) is 10.2. The average Bonchev–Trinajstić information content (AvgIpc) is 2.24. The Morgan fingerprint density at radius 3 is 2.29 bits per heavy atom. The summed E-state index contributed by atoms with van der Waals surface area (Å²) in [4.78, 5) is 0. The summed E-state index contributed by atoms with van der Waals surface area (Å²) < 4.78 is 5.47. The molecule has 2 atom stereocenters. The predicted octanol–water partition coefficient (Wildman–Crippen LogP) is 2.84. The first-order valence-electron chi connectivity index (χ1n) is 6.30. The molecule has 17 heavy (non-hydrogen) atoms. The number of hydrogen-bond acceptors (Lipinski definition) is 2. The van der Waals surface area contributed by atoms with Crippen molar-refractivity contribution in [1.29, 1.82) is 0 Å². The fourth-order valence-electron chi connectivity index (χ4n) is 2.26. The van der Waals surface area contributed by atoms with Gasteiger partial charge in [-0.25, -0.2) is 0 Å². The van der Waals surface area contributed by atoms with Gasteiger partial charge in [0.1, 0.15) is 0 Å². The van der Waals surface area contributed by atoms with Crippen LogP contribution in [0.4, 0.5) is 0 Å². The maximum Gasteiger partial charge on any atom is 0.0748 e. The number of benzene rings is 1. The van der Waals surface area contributed by atoms with E-state index in [0.717, 1.165) is 6.42 Å². The molecule has 96 valence electrons. The van der Waals surface area contributed by atoms with E-state index in [1.807, 2.05) is 0 Å². The zero-order chi connectivity index (χ0) is 13.0. The molecule has 0 aliphatic rings. The van der Waals surface area contributed by atoms with E-state index in [0.29, 0.717) is 5.92 Å². The van der Waals surface area contributed by atoms with Crippen molar-refractivity contribution in [1.82, 2.24) is 0 Å². The first-order chi connectivity index (χ1) is 7.95. The summed E-state index contributed by atoms with van der Waals surface area (Å²) >= 11 is 0. The summed E-state index contributed by atoms with van der Waals surface area (Å²) in [6, 6.07) is 6.61. The largest absolute Gasteiger partial charge is 0.380 e. The molecule has 1 aromatic carbocycles. The van der Waals surface area contributed by atoms with Crippen molar-refractivity contribution in [3.05, 3.63) is 34.9 Å². The Labute approximate surface area is 105 Å². The molecule has 0 heterocycles. The maximum atomic E-state index is 6.22. The molecule has 0 aliphatic heterocycles. The van der Waals surface area contributed by atoms with Crippen LogP contribution in [0, 0.1) is 19.8 Å². The van der Waals surface area contributed by atoms with Crippen molar-refractivity contribution >= 4 is 0 Å². The standard InChI is InChI=1S/C15H25NO/c1-10(2)15(17-5)14(16)9-13-7-6-11(3)12(4)8-13/h6-8,10,14-15H,9,16H2,1-5H3. The van der Waals surface area contributed by atoms with E-state index in [-0.39, 0.29) is 12.1 Å². The molecule has 0 saturated heterocycles. The second-order valence-corrected chi connectivity index (χ2v) is 5.23. The van der Waals surface area contributed by atoms with E-state index < -0.39 is 0 Å². The van der Waals surface area contributed by atoms with Crippen molar-refractivity contribution in [2.24, 2.45) is 11.7 Å². The van der Waals surface area contributed by atoms with Gasteiger partial charge in [0.15, 0.2) is 0 Å². The van der Waals surface area contributed by atoms with Crippen molar-refractivity contribution in [3.8, 4) is 0 Å². The third kappa shape index (κ3) is 3.83. The van der Waals surface area contributed by atoms with Gasteiger partial charge in [0.25, 0.3) is 0 Å². The van der Waals surface area contributed by atoms with Gasteiger partial charge in [0.05, 0.1) is 6.10 Å². The van der Waals surface area contributed by atoms with E-state index >= 15 is 0 Å². The van der Waals surface area contributed by atoms with Gasteiger partial charge in [0.2, 0.25) is 0 Å². The third-order valence-electron chi connectivity index (χ3n) is 3.39. The second-order valence-electron chi connectivity index (χ2n) is 5.23. The molecule has 0 aromatic heterocycles. The van der Waals surface area contributed by atoms with Gasteiger partial charge in [-0.2, -0.15) is 0 Å². The van der Waals surface area contributed by atoms with Crippen molar-refractivity contribution < 1.29 is 4.74 Å². The Bertz CT molecular complexity index is 360. The van der Waals surface area contributed by atoms with Crippen LogP contribution in [0.3, 0.4) is 0 Å². The van der Waals surface area contributed by atoms with Crippen LogP contribution < -0.4 is 5.73 Å². The van der Waals surface area contributed by atoms with Gasteiger partial charge in [-0.05, 0) is 42.9 Å². The van der Waals surface area contributed by atoms with Gasteiger partial charge in [-0.15, -0.1) is 0 Å². The van der Waals surface area contributed by atoms with Gasteiger partial charge < -0.3 is 10.5 Å². The van der Waals surface area contributed by atoms with Crippen LogP contribution >= 0.6 is 0 Å². The SMILES string of the molecule is COC(C(C)C)C(N)Cc1ccc(C)c(C)c1. The number of hydrogen-bond donors (Lipinski definition) is 1. The highest BCUT2D eigenvalue weighted by Crippen LogP contribution is 2.15. The van der Waals surface area contributed by atoms with E-state index in [1.165, 1.54) is 16.7 Å². The zero-order valence-corrected chi connectivity index (χ0v) is 11.7. The van der Waals surface area contributed by atoms with Crippen molar-refractivity contribution in [3.63, 3.8) is 0 Å². The molecule has 0 aliphatic carbocycles. The lowest BCUT2D eigenvalue weighted by Crippen LogP contribution is -2.41. The van der Waals surface area contributed by atoms with Crippen molar-refractivity contribution in [2.45, 2.75) is 46.3 Å². The minimum atomic E-state index is 0.0575. The average molecular weight is 235 g/mol. The topological polar surface area (TPSA) is 35.2 Å². The first-order valence-corrected chi connectivity index (χ1v) is 6.30. The fraction of sp³-hybridized carbons (Fsp3) is 0.600. The highest BCUT2D eigenvalue weighted by atomic mass is 16.5. The van der Waals surface area contributed by atoms with Crippen LogP contribution in [0.25, 0.3) is 0 Å². The number of nitrogens with two attached hydrogens (primary N) is 1. The molecule has 0 saturated carbocycles. The van der Waals surface area contributed by atoms with Crippen LogP contribution in [0.5, 0.6) is 0 Å². The Balaban J connectivity index is 2.73. The number of ether oxygens (including phenoxy) is 1. The molecule has 0 fully saturated rings. The Kier molecular flexibility index (Phi) is 5.16. The minimum absolute atomic E-state index is 0.0575. The summed E-state index contributed by atoms with van der Waals surface area (Å²) in [6.45, 7) is 8.56. The van der Waals surface area contributed by atoms with E-state index in [1.54, 1.807) is 7.11 Å². The molecular formula is C15H25NO. The second kappa shape index (κ2) is 6.18. The van der Waals surface area contributed by atoms with Gasteiger partial charge in [0, 0.05) is 13.2 Å². The summed E-state index contributed by atoms with van der Waals surface area (Å²) in [6.07, 6.45) is 0.995. The lowest BCUT2D eigenvalue weighted by Gasteiger charge is -2.26. The zero-order valence-electron chi connectivity index (χ0n) is 11.7. The lowest BCUT2D eigenvalue weighted by molar-refractivity contribution is 0.0441. The quantitative estimate of drug-likeness (QED) is 0.851. The monoisotopic (exact) mass is 235 g/mol. The van der Waals surface area contributed by atoms with Crippen LogP contribution in [0.15, 0.2) is 18.2 Å². The smallest absolute Gasteiger partial charge is 0.0748 e.